The molecule has 1 fully saturated rings. The summed E-state index contributed by atoms with van der Waals surface area (Å²) in [5.41, 5.74) is 1.19. The van der Waals surface area contributed by atoms with Crippen molar-refractivity contribution >= 4 is 35.3 Å². The Labute approximate surface area is 149 Å². The quantitative estimate of drug-likeness (QED) is 0.671. The van der Waals surface area contributed by atoms with Gasteiger partial charge in [-0.05, 0) is 36.4 Å². The Morgan fingerprint density at radius 3 is 2.56 bits per heavy atom. The average Bonchev–Trinajstić information content (AvgIpc) is 2.88. The van der Waals surface area contributed by atoms with Crippen LogP contribution in [0.3, 0.4) is 0 Å². The number of hydrogen-bond donors (Lipinski definition) is 1. The fraction of sp³-hybridized carbons (Fsp3) is 0.111. The van der Waals surface area contributed by atoms with Crippen LogP contribution in [-0.2, 0) is 4.79 Å². The number of halogens is 1. The molecule has 1 saturated heterocycles. The van der Waals surface area contributed by atoms with Crippen LogP contribution in [0.25, 0.3) is 6.08 Å². The maximum absolute atomic E-state index is 12.6. The first-order valence-electron chi connectivity index (χ1n) is 7.38. The Hall–Kier alpha value is -2.99. The molecule has 3 amide bonds. The van der Waals surface area contributed by atoms with Gasteiger partial charge in [-0.15, -0.1) is 0 Å². The van der Waals surface area contributed by atoms with E-state index in [0.717, 1.165) is 4.90 Å². The summed E-state index contributed by atoms with van der Waals surface area (Å²) >= 11 is 5.94. The number of anilines is 1. The van der Waals surface area contributed by atoms with E-state index in [1.54, 1.807) is 55.7 Å². The second-order valence-electron chi connectivity index (χ2n) is 5.22. The van der Waals surface area contributed by atoms with Crippen molar-refractivity contribution in [3.8, 4) is 11.5 Å². The van der Waals surface area contributed by atoms with Gasteiger partial charge in [-0.1, -0.05) is 17.7 Å². The summed E-state index contributed by atoms with van der Waals surface area (Å²) in [6, 6.07) is 11.2. The van der Waals surface area contributed by atoms with Gasteiger partial charge in [-0.25, -0.2) is 9.69 Å². The molecule has 0 spiro atoms. The first kappa shape index (κ1) is 16.9. The first-order valence-corrected chi connectivity index (χ1v) is 7.76. The van der Waals surface area contributed by atoms with Gasteiger partial charge in [0.2, 0.25) is 0 Å². The molecule has 6 nitrogen and oxygen atoms in total. The second kappa shape index (κ2) is 6.86. The van der Waals surface area contributed by atoms with Crippen molar-refractivity contribution in [3.63, 3.8) is 0 Å². The molecule has 0 atom stereocenters. The summed E-state index contributed by atoms with van der Waals surface area (Å²) in [5.74, 6) is 0.682. The van der Waals surface area contributed by atoms with E-state index in [9.17, 15) is 9.59 Å². The smallest absolute Gasteiger partial charge is 0.333 e. The number of amides is 3. The van der Waals surface area contributed by atoms with Gasteiger partial charge >= 0.3 is 6.03 Å². The molecule has 0 radical (unpaired) electrons. The molecule has 0 aromatic heterocycles. The highest BCUT2D eigenvalue weighted by Gasteiger charge is 2.35. The third kappa shape index (κ3) is 3.29. The van der Waals surface area contributed by atoms with Gasteiger partial charge in [0.25, 0.3) is 5.91 Å². The summed E-state index contributed by atoms with van der Waals surface area (Å²) in [5, 5.41) is 3.01. The number of carbonyl (C=O) groups is 2. The zero-order valence-corrected chi connectivity index (χ0v) is 14.3. The van der Waals surface area contributed by atoms with Gasteiger partial charge in [0.1, 0.15) is 17.2 Å². The van der Waals surface area contributed by atoms with E-state index < -0.39 is 11.9 Å². The lowest BCUT2D eigenvalue weighted by Crippen LogP contribution is -2.30. The van der Waals surface area contributed by atoms with E-state index in [1.807, 2.05) is 0 Å². The number of nitrogens with one attached hydrogen (secondary N) is 1. The summed E-state index contributed by atoms with van der Waals surface area (Å²) in [4.78, 5) is 25.9. The molecule has 0 unspecified atom stereocenters. The third-order valence-corrected chi connectivity index (χ3v) is 3.92. The van der Waals surface area contributed by atoms with Crippen molar-refractivity contribution in [1.82, 2.24) is 5.32 Å². The van der Waals surface area contributed by atoms with Crippen LogP contribution in [0.5, 0.6) is 11.5 Å². The molecule has 0 aliphatic carbocycles. The Morgan fingerprint density at radius 1 is 1.08 bits per heavy atom. The molecule has 2 aromatic carbocycles. The predicted molar refractivity (Wildman–Crippen MR) is 95.0 cm³/mol. The molecule has 1 heterocycles. The lowest BCUT2D eigenvalue weighted by Gasteiger charge is -2.11. The first-order chi connectivity index (χ1) is 12.0. The minimum Gasteiger partial charge on any atom is -0.497 e. The van der Waals surface area contributed by atoms with E-state index in [2.05, 4.69) is 5.32 Å². The number of urea groups is 1. The highest BCUT2D eigenvalue weighted by molar-refractivity contribution is 6.32. The molecule has 3 rings (SSSR count). The topological polar surface area (TPSA) is 67.9 Å². The maximum Gasteiger partial charge on any atom is 0.333 e. The number of benzene rings is 2. The number of nitrogens with zero attached hydrogens (tertiary/aromatic N) is 1. The Morgan fingerprint density at radius 2 is 1.88 bits per heavy atom. The number of carbonyl (C=O) groups excluding carboxylic acids is 2. The van der Waals surface area contributed by atoms with Crippen molar-refractivity contribution in [3.05, 3.63) is 58.7 Å². The van der Waals surface area contributed by atoms with Crippen LogP contribution in [0.1, 0.15) is 5.56 Å². The van der Waals surface area contributed by atoms with Crippen LogP contribution in [0.4, 0.5) is 10.5 Å². The fourth-order valence-electron chi connectivity index (χ4n) is 2.48. The molecule has 25 heavy (non-hydrogen) atoms. The zero-order valence-electron chi connectivity index (χ0n) is 13.6. The Bertz CT molecular complexity index is 879. The minimum absolute atomic E-state index is 0.147. The zero-order chi connectivity index (χ0) is 18.0. The van der Waals surface area contributed by atoms with Gasteiger partial charge in [0.05, 0.1) is 19.9 Å². The van der Waals surface area contributed by atoms with E-state index in [0.29, 0.717) is 27.8 Å². The molecule has 1 N–H and O–H groups in total. The fourth-order valence-corrected chi connectivity index (χ4v) is 2.66. The van der Waals surface area contributed by atoms with Crippen molar-refractivity contribution in [1.29, 1.82) is 0 Å². The number of imide groups is 1. The van der Waals surface area contributed by atoms with Crippen LogP contribution in [-0.4, -0.2) is 26.2 Å². The number of methoxy groups -OCH3 is 2. The van der Waals surface area contributed by atoms with Gasteiger partial charge < -0.3 is 14.8 Å². The average molecular weight is 359 g/mol. The van der Waals surface area contributed by atoms with Crippen LogP contribution in [0, 0.1) is 0 Å². The van der Waals surface area contributed by atoms with Gasteiger partial charge in [-0.3, -0.25) is 4.79 Å². The summed E-state index contributed by atoms with van der Waals surface area (Å²) in [6.45, 7) is 0. The van der Waals surface area contributed by atoms with Crippen LogP contribution in [0.2, 0.25) is 5.02 Å². The van der Waals surface area contributed by atoms with Crippen molar-refractivity contribution in [2.45, 2.75) is 0 Å². The molecule has 7 heteroatoms. The molecule has 0 bridgehead atoms. The molecule has 128 valence electrons. The lowest BCUT2D eigenvalue weighted by molar-refractivity contribution is -0.113. The molecule has 1 aliphatic rings. The van der Waals surface area contributed by atoms with E-state index >= 15 is 0 Å². The molecular weight excluding hydrogens is 344 g/mol. The standard InChI is InChI=1S/C18H15ClN2O4/c1-24-14-7-6-11(16(10-14)25-2)8-15-17(22)21(18(23)20-15)13-5-3-4-12(19)9-13/h3-10H,1-2H3,(H,20,23). The van der Waals surface area contributed by atoms with Crippen LogP contribution < -0.4 is 19.7 Å². The summed E-state index contributed by atoms with van der Waals surface area (Å²) in [7, 11) is 3.07. The minimum atomic E-state index is -0.536. The summed E-state index contributed by atoms with van der Waals surface area (Å²) < 4.78 is 10.5. The van der Waals surface area contributed by atoms with Crippen molar-refractivity contribution in [2.24, 2.45) is 0 Å². The molecule has 2 aromatic rings. The maximum atomic E-state index is 12.6. The summed E-state index contributed by atoms with van der Waals surface area (Å²) in [6.07, 6.45) is 1.56. The molecule has 0 saturated carbocycles. The normalized spacial score (nSPS) is 15.5. The van der Waals surface area contributed by atoms with E-state index in [-0.39, 0.29) is 5.70 Å². The largest absolute Gasteiger partial charge is 0.497 e. The van der Waals surface area contributed by atoms with Gasteiger partial charge in [0, 0.05) is 16.7 Å². The number of ether oxygens (including phenoxy) is 2. The van der Waals surface area contributed by atoms with Gasteiger partial charge in [0.15, 0.2) is 0 Å². The molecular formula is C18H15ClN2O4. The Kier molecular flexibility index (Phi) is 4.63. The predicted octanol–water partition coefficient (Wildman–Crippen LogP) is 3.45. The molecule has 1 aliphatic heterocycles. The van der Waals surface area contributed by atoms with Crippen molar-refractivity contribution < 1.29 is 19.1 Å². The van der Waals surface area contributed by atoms with Crippen LogP contribution in [0.15, 0.2) is 48.2 Å². The number of hydrogen-bond acceptors (Lipinski definition) is 4. The van der Waals surface area contributed by atoms with Crippen LogP contribution >= 0.6 is 11.6 Å². The highest BCUT2D eigenvalue weighted by atomic mass is 35.5. The number of rotatable bonds is 4. The third-order valence-electron chi connectivity index (χ3n) is 3.69. The highest BCUT2D eigenvalue weighted by Crippen LogP contribution is 2.29. The monoisotopic (exact) mass is 358 g/mol. The van der Waals surface area contributed by atoms with Gasteiger partial charge in [-0.2, -0.15) is 0 Å². The van der Waals surface area contributed by atoms with E-state index in [4.69, 9.17) is 21.1 Å². The lowest BCUT2D eigenvalue weighted by atomic mass is 10.1. The van der Waals surface area contributed by atoms with E-state index in [1.165, 1.54) is 7.11 Å². The Balaban J connectivity index is 1.96. The SMILES string of the molecule is COc1ccc(C=C2NC(=O)N(c3cccc(Cl)c3)C2=O)c(OC)c1. The second-order valence-corrected chi connectivity index (χ2v) is 5.65. The van der Waals surface area contributed by atoms with Crippen molar-refractivity contribution in [2.75, 3.05) is 19.1 Å².